The highest BCUT2D eigenvalue weighted by Gasteiger charge is 2.00. The Hall–Kier alpha value is -6.86. The van der Waals surface area contributed by atoms with Crippen LogP contribution in [0.3, 0.4) is 0 Å². The van der Waals surface area contributed by atoms with Crippen LogP contribution in [0.25, 0.3) is 0 Å². The van der Waals surface area contributed by atoms with Gasteiger partial charge in [0, 0.05) is 62.4 Å². The van der Waals surface area contributed by atoms with Gasteiger partial charge in [-0.2, -0.15) is 0 Å². The van der Waals surface area contributed by atoms with Crippen molar-refractivity contribution in [3.8, 4) is 0 Å². The average Bonchev–Trinajstić information content (AvgIpc) is 3.06. The zero-order chi connectivity index (χ0) is 34.7. The smallest absolute Gasteiger partial charge is 0.303 e. The second kappa shape index (κ2) is 23.7. The van der Waals surface area contributed by atoms with Gasteiger partial charge in [0.15, 0.2) is 0 Å². The van der Waals surface area contributed by atoms with Crippen LogP contribution in [0.1, 0.15) is 67.6 Å². The van der Waals surface area contributed by atoms with E-state index in [0.717, 1.165) is 0 Å². The molecular formula is C26H30N12O8. The molecule has 4 heterocycles. The lowest BCUT2D eigenvalue weighted by atomic mass is 10.2. The lowest BCUT2D eigenvalue weighted by Gasteiger charge is -1.92. The molecule has 0 fully saturated rings. The van der Waals surface area contributed by atoms with Crippen LogP contribution in [0.2, 0.25) is 0 Å². The quantitative estimate of drug-likeness (QED) is 0.120. The van der Waals surface area contributed by atoms with Crippen molar-refractivity contribution in [3.63, 3.8) is 0 Å². The number of amides is 4. The normalized spacial score (nSPS) is 8.96. The Balaban J connectivity index is 0.000000550. The molecule has 0 spiro atoms. The molecule has 0 saturated carbocycles. The van der Waals surface area contributed by atoms with Crippen molar-refractivity contribution in [2.24, 2.45) is 22.9 Å². The molecule has 0 aliphatic heterocycles. The van der Waals surface area contributed by atoms with Crippen LogP contribution in [-0.2, 0) is 9.59 Å². The van der Waals surface area contributed by atoms with E-state index in [4.69, 9.17) is 33.1 Å². The van der Waals surface area contributed by atoms with Gasteiger partial charge < -0.3 is 33.1 Å². The van der Waals surface area contributed by atoms with E-state index in [9.17, 15) is 28.8 Å². The van der Waals surface area contributed by atoms with Gasteiger partial charge in [0.2, 0.25) is 0 Å². The van der Waals surface area contributed by atoms with Crippen LogP contribution in [0.4, 0.5) is 0 Å². The van der Waals surface area contributed by atoms with Gasteiger partial charge in [0.05, 0.1) is 24.8 Å². The van der Waals surface area contributed by atoms with E-state index in [1.165, 1.54) is 74.4 Å². The Morgan fingerprint density at radius 2 is 0.652 bits per heavy atom. The number of nitrogens with zero attached hydrogens (tertiary/aromatic N) is 8. The van der Waals surface area contributed by atoms with E-state index in [1.54, 1.807) is 0 Å². The first-order valence-corrected chi connectivity index (χ1v) is 12.5. The van der Waals surface area contributed by atoms with Crippen LogP contribution in [0, 0.1) is 0 Å². The summed E-state index contributed by atoms with van der Waals surface area (Å²) in [5.41, 5.74) is 20.3. The number of aliphatic carboxylic acids is 2. The molecule has 4 rings (SSSR count). The molecule has 0 aliphatic rings. The van der Waals surface area contributed by atoms with Crippen molar-refractivity contribution in [3.05, 3.63) is 97.1 Å². The van der Waals surface area contributed by atoms with Gasteiger partial charge in [-0.1, -0.05) is 0 Å². The number of carbonyl (C=O) groups excluding carboxylic acids is 4. The van der Waals surface area contributed by atoms with Crippen molar-refractivity contribution < 1.29 is 39.0 Å². The molecule has 0 aliphatic carbocycles. The van der Waals surface area contributed by atoms with Crippen molar-refractivity contribution in [1.29, 1.82) is 0 Å². The Bertz CT molecular complexity index is 1290. The Morgan fingerprint density at radius 3 is 0.761 bits per heavy atom. The fourth-order valence-electron chi connectivity index (χ4n) is 2.26. The third kappa shape index (κ3) is 20.9. The van der Waals surface area contributed by atoms with E-state index in [2.05, 4.69) is 39.9 Å². The number of primary amides is 4. The first-order chi connectivity index (χ1) is 21.8. The molecule has 0 aromatic carbocycles. The van der Waals surface area contributed by atoms with E-state index >= 15 is 0 Å². The summed E-state index contributed by atoms with van der Waals surface area (Å²) in [5, 5.41) is 16.3. The summed E-state index contributed by atoms with van der Waals surface area (Å²) in [4.78, 5) is 90.2. The summed E-state index contributed by atoms with van der Waals surface area (Å²) < 4.78 is 0. The molecule has 0 saturated heterocycles. The van der Waals surface area contributed by atoms with Crippen molar-refractivity contribution >= 4 is 35.6 Å². The molecule has 0 unspecified atom stereocenters. The summed E-state index contributed by atoms with van der Waals surface area (Å²) in [6.07, 6.45) is 17.9. The van der Waals surface area contributed by atoms with E-state index in [1.807, 2.05) is 0 Å². The molecule has 46 heavy (non-hydrogen) atoms. The maximum atomic E-state index is 10.3. The van der Waals surface area contributed by atoms with Gasteiger partial charge >= 0.3 is 11.9 Å². The maximum Gasteiger partial charge on any atom is 0.303 e. The van der Waals surface area contributed by atoms with Gasteiger partial charge in [0.1, 0.15) is 22.8 Å². The van der Waals surface area contributed by atoms with Gasteiger partial charge in [-0.15, -0.1) is 0 Å². The van der Waals surface area contributed by atoms with Crippen molar-refractivity contribution in [2.45, 2.75) is 25.7 Å². The van der Waals surface area contributed by atoms with Crippen molar-refractivity contribution in [2.75, 3.05) is 0 Å². The topological polar surface area (TPSA) is 350 Å². The maximum absolute atomic E-state index is 10.3. The predicted molar refractivity (Wildman–Crippen MR) is 156 cm³/mol. The van der Waals surface area contributed by atoms with Gasteiger partial charge in [-0.05, 0) is 12.8 Å². The van der Waals surface area contributed by atoms with Crippen LogP contribution in [-0.4, -0.2) is 85.7 Å². The number of carboxylic acid groups (broad SMARTS) is 2. The number of hydrogen-bond acceptors (Lipinski definition) is 14. The molecule has 10 N–H and O–H groups in total. The molecule has 0 radical (unpaired) electrons. The minimum absolute atomic E-state index is 0.0628. The first kappa shape index (κ1) is 39.1. The zero-order valence-electron chi connectivity index (χ0n) is 24.0. The summed E-state index contributed by atoms with van der Waals surface area (Å²) in [6.45, 7) is 0. The van der Waals surface area contributed by atoms with Gasteiger partial charge in [-0.3, -0.25) is 48.7 Å². The highest BCUT2D eigenvalue weighted by atomic mass is 16.4. The lowest BCUT2D eigenvalue weighted by Crippen LogP contribution is -2.12. The van der Waals surface area contributed by atoms with Crippen LogP contribution >= 0.6 is 0 Å². The number of rotatable bonds is 9. The van der Waals surface area contributed by atoms with E-state index < -0.39 is 35.6 Å². The average molecular weight is 639 g/mol. The molecule has 20 heteroatoms. The Kier molecular flexibility index (Phi) is 20.1. The Labute approximate surface area is 260 Å². The van der Waals surface area contributed by atoms with Crippen molar-refractivity contribution in [1.82, 2.24) is 39.9 Å². The molecule has 0 atom stereocenters. The predicted octanol–water partition coefficient (Wildman–Crippen LogP) is -0.982. The lowest BCUT2D eigenvalue weighted by molar-refractivity contribution is -0.139. The second-order valence-corrected chi connectivity index (χ2v) is 7.81. The molecular weight excluding hydrogens is 608 g/mol. The second-order valence-electron chi connectivity index (χ2n) is 7.81. The number of unbranched alkanes of at least 4 members (excludes halogenated alkanes) is 1. The Morgan fingerprint density at radius 1 is 0.435 bits per heavy atom. The minimum atomic E-state index is -0.870. The molecule has 20 nitrogen and oxygen atoms in total. The standard InChI is InChI=1S/C6H10O4.4C5H5N3O/c7-5(8)3-1-2-4-6(9)10;4*6-5(9)4-3-7-1-2-8-4/h1-4H2,(H,7,8)(H,9,10);4*1-3H,(H2,6,9). The highest BCUT2D eigenvalue weighted by molar-refractivity contribution is 5.91. The summed E-state index contributed by atoms with van der Waals surface area (Å²) in [6, 6.07) is 0. The summed E-state index contributed by atoms with van der Waals surface area (Å²) in [7, 11) is 0. The molecule has 4 aromatic rings. The minimum Gasteiger partial charge on any atom is -0.481 e. The van der Waals surface area contributed by atoms with Crippen LogP contribution in [0.5, 0.6) is 0 Å². The largest absolute Gasteiger partial charge is 0.481 e. The molecule has 4 aromatic heterocycles. The molecule has 4 amide bonds. The third-order valence-corrected chi connectivity index (χ3v) is 4.29. The fourth-order valence-corrected chi connectivity index (χ4v) is 2.26. The number of carbonyl (C=O) groups is 6. The fraction of sp³-hybridized carbons (Fsp3) is 0.154. The zero-order valence-corrected chi connectivity index (χ0v) is 24.0. The monoisotopic (exact) mass is 638 g/mol. The van der Waals surface area contributed by atoms with Crippen LogP contribution < -0.4 is 22.9 Å². The molecule has 242 valence electrons. The number of carboxylic acids is 2. The van der Waals surface area contributed by atoms with Gasteiger partial charge in [0.25, 0.3) is 23.6 Å². The van der Waals surface area contributed by atoms with Crippen LogP contribution in [0.15, 0.2) is 74.4 Å². The van der Waals surface area contributed by atoms with E-state index in [0.29, 0.717) is 12.8 Å². The SMILES string of the molecule is NC(=O)c1cnccn1.NC(=O)c1cnccn1.NC(=O)c1cnccn1.NC(=O)c1cnccn1.O=C(O)CCCCC(=O)O. The molecule has 0 bridgehead atoms. The summed E-state index contributed by atoms with van der Waals surface area (Å²) in [5.74, 6) is -3.95. The number of hydrogen-bond donors (Lipinski definition) is 6. The third-order valence-electron chi connectivity index (χ3n) is 4.29. The highest BCUT2D eigenvalue weighted by Crippen LogP contribution is 1.98. The number of nitrogens with two attached hydrogens (primary N) is 4. The number of aromatic nitrogens is 8. The van der Waals surface area contributed by atoms with Gasteiger partial charge in [-0.25, -0.2) is 19.9 Å². The van der Waals surface area contributed by atoms with E-state index in [-0.39, 0.29) is 35.6 Å². The first-order valence-electron chi connectivity index (χ1n) is 12.5. The summed E-state index contributed by atoms with van der Waals surface area (Å²) >= 11 is 0.